The lowest BCUT2D eigenvalue weighted by molar-refractivity contribution is 0.361. The summed E-state index contributed by atoms with van der Waals surface area (Å²) in [7, 11) is -2.80. The van der Waals surface area contributed by atoms with Crippen LogP contribution in [-0.4, -0.2) is 36.1 Å². The molecule has 1 unspecified atom stereocenters. The fraction of sp³-hybridized carbons (Fsp3) is 0.818. The highest BCUT2D eigenvalue weighted by molar-refractivity contribution is 7.91. The lowest BCUT2D eigenvalue weighted by Crippen LogP contribution is -2.24. The molecule has 7 heteroatoms. The number of aromatic nitrogens is 2. The van der Waals surface area contributed by atoms with Crippen LogP contribution in [0.3, 0.4) is 0 Å². The molecule has 0 bridgehead atoms. The summed E-state index contributed by atoms with van der Waals surface area (Å²) in [5, 5.41) is 3.91. The Morgan fingerprint density at radius 3 is 2.72 bits per heavy atom. The molecule has 0 aliphatic carbocycles. The van der Waals surface area contributed by atoms with E-state index in [1.54, 1.807) is 0 Å². The molecule has 0 aromatic carbocycles. The third-order valence-electron chi connectivity index (χ3n) is 3.15. The van der Waals surface area contributed by atoms with Gasteiger partial charge < -0.3 is 10.3 Å². The van der Waals surface area contributed by atoms with Crippen LogP contribution in [0.15, 0.2) is 4.52 Å². The molecule has 0 radical (unpaired) electrons. The molecular formula is C11H19N3O3S. The summed E-state index contributed by atoms with van der Waals surface area (Å²) >= 11 is 0. The highest BCUT2D eigenvalue weighted by atomic mass is 32.2. The summed E-state index contributed by atoms with van der Waals surface area (Å²) < 4.78 is 27.7. The van der Waals surface area contributed by atoms with Crippen LogP contribution < -0.4 is 5.73 Å². The molecule has 1 aliphatic heterocycles. The molecular weight excluding hydrogens is 254 g/mol. The van der Waals surface area contributed by atoms with Crippen LogP contribution in [0.2, 0.25) is 0 Å². The Morgan fingerprint density at radius 2 is 2.11 bits per heavy atom. The summed E-state index contributed by atoms with van der Waals surface area (Å²) in [6, 6.07) is -0.00174. The molecule has 1 aromatic rings. The lowest BCUT2D eigenvalue weighted by Gasteiger charge is -2.20. The third kappa shape index (κ3) is 3.78. The molecule has 2 heterocycles. The molecule has 0 spiro atoms. The lowest BCUT2D eigenvalue weighted by atomic mass is 9.99. The predicted octanol–water partition coefficient (Wildman–Crippen LogP) is 0.327. The SMILES string of the molecule is CC(N)Cc1nc(CC2CCS(=O)(=O)CC2)no1. The molecule has 1 atom stereocenters. The van der Waals surface area contributed by atoms with Crippen LogP contribution in [0.4, 0.5) is 0 Å². The van der Waals surface area contributed by atoms with Gasteiger partial charge in [0.15, 0.2) is 5.82 Å². The van der Waals surface area contributed by atoms with Crippen molar-refractivity contribution in [3.05, 3.63) is 11.7 Å². The molecule has 2 rings (SSSR count). The number of nitrogens with two attached hydrogens (primary N) is 1. The third-order valence-corrected chi connectivity index (χ3v) is 4.87. The molecule has 1 saturated heterocycles. The monoisotopic (exact) mass is 273 g/mol. The normalized spacial score (nSPS) is 21.9. The quantitative estimate of drug-likeness (QED) is 0.848. The number of hydrogen-bond acceptors (Lipinski definition) is 6. The van der Waals surface area contributed by atoms with Crippen LogP contribution in [0.1, 0.15) is 31.5 Å². The summed E-state index contributed by atoms with van der Waals surface area (Å²) in [5.74, 6) is 2.12. The first-order valence-corrected chi connectivity index (χ1v) is 8.04. The molecule has 2 N–H and O–H groups in total. The van der Waals surface area contributed by atoms with Gasteiger partial charge in [0.25, 0.3) is 0 Å². The van der Waals surface area contributed by atoms with Gasteiger partial charge in [-0.15, -0.1) is 0 Å². The number of rotatable bonds is 4. The zero-order valence-electron chi connectivity index (χ0n) is 10.5. The van der Waals surface area contributed by atoms with Crippen molar-refractivity contribution in [1.29, 1.82) is 0 Å². The van der Waals surface area contributed by atoms with Gasteiger partial charge in [0, 0.05) is 18.9 Å². The van der Waals surface area contributed by atoms with Crippen LogP contribution >= 0.6 is 0 Å². The minimum atomic E-state index is -2.80. The van der Waals surface area contributed by atoms with Gasteiger partial charge in [-0.1, -0.05) is 5.16 Å². The van der Waals surface area contributed by atoms with E-state index in [0.29, 0.717) is 43.3 Å². The highest BCUT2D eigenvalue weighted by Gasteiger charge is 2.25. The maximum absolute atomic E-state index is 11.3. The average molecular weight is 273 g/mol. The van der Waals surface area contributed by atoms with Crippen LogP contribution in [0.5, 0.6) is 0 Å². The first-order valence-electron chi connectivity index (χ1n) is 6.22. The number of sulfone groups is 1. The molecule has 1 aliphatic rings. The second kappa shape index (κ2) is 5.36. The van der Waals surface area contributed by atoms with Crippen molar-refractivity contribution in [3.8, 4) is 0 Å². The van der Waals surface area contributed by atoms with E-state index in [1.165, 1.54) is 0 Å². The number of nitrogens with zero attached hydrogens (tertiary/aromatic N) is 2. The van der Waals surface area contributed by atoms with Crippen molar-refractivity contribution in [2.75, 3.05) is 11.5 Å². The van der Waals surface area contributed by atoms with Crippen molar-refractivity contribution < 1.29 is 12.9 Å². The largest absolute Gasteiger partial charge is 0.339 e. The van der Waals surface area contributed by atoms with Crippen molar-refractivity contribution in [2.24, 2.45) is 11.7 Å². The predicted molar refractivity (Wildman–Crippen MR) is 66.7 cm³/mol. The summed E-state index contributed by atoms with van der Waals surface area (Å²) in [6.45, 7) is 1.88. The first-order chi connectivity index (χ1) is 8.44. The fourth-order valence-corrected chi connectivity index (χ4v) is 3.72. The van der Waals surface area contributed by atoms with Crippen LogP contribution in [-0.2, 0) is 22.7 Å². The minimum Gasteiger partial charge on any atom is -0.339 e. The Balaban J connectivity index is 1.88. The maximum atomic E-state index is 11.3. The van der Waals surface area contributed by atoms with Crippen molar-refractivity contribution in [1.82, 2.24) is 10.1 Å². The van der Waals surface area contributed by atoms with E-state index in [9.17, 15) is 8.42 Å². The van der Waals surface area contributed by atoms with E-state index < -0.39 is 9.84 Å². The van der Waals surface area contributed by atoms with Gasteiger partial charge in [-0.05, 0) is 25.7 Å². The van der Waals surface area contributed by atoms with E-state index in [-0.39, 0.29) is 17.5 Å². The van der Waals surface area contributed by atoms with Gasteiger partial charge in [-0.25, -0.2) is 8.42 Å². The zero-order valence-corrected chi connectivity index (χ0v) is 11.3. The van der Waals surface area contributed by atoms with E-state index in [1.807, 2.05) is 6.92 Å². The van der Waals surface area contributed by atoms with E-state index >= 15 is 0 Å². The average Bonchev–Trinajstić information content (AvgIpc) is 2.68. The number of hydrogen-bond donors (Lipinski definition) is 1. The molecule has 1 aromatic heterocycles. The van der Waals surface area contributed by atoms with Gasteiger partial charge >= 0.3 is 0 Å². The van der Waals surface area contributed by atoms with Gasteiger partial charge in [0.2, 0.25) is 5.89 Å². The minimum absolute atomic E-state index is 0.00174. The van der Waals surface area contributed by atoms with Gasteiger partial charge in [-0.3, -0.25) is 0 Å². The van der Waals surface area contributed by atoms with E-state index in [4.69, 9.17) is 10.3 Å². The Labute approximate surface area is 107 Å². The summed E-state index contributed by atoms with van der Waals surface area (Å²) in [5.41, 5.74) is 5.65. The van der Waals surface area contributed by atoms with Crippen LogP contribution in [0, 0.1) is 5.92 Å². The Kier molecular flexibility index (Phi) is 4.01. The van der Waals surface area contributed by atoms with Crippen molar-refractivity contribution in [3.63, 3.8) is 0 Å². The molecule has 1 fully saturated rings. The fourth-order valence-electron chi connectivity index (χ4n) is 2.13. The van der Waals surface area contributed by atoms with Crippen LogP contribution in [0.25, 0.3) is 0 Å². The van der Waals surface area contributed by atoms with Gasteiger partial charge in [0.1, 0.15) is 9.84 Å². The second-order valence-electron chi connectivity index (χ2n) is 5.09. The van der Waals surface area contributed by atoms with Crippen molar-refractivity contribution >= 4 is 9.84 Å². The van der Waals surface area contributed by atoms with Gasteiger partial charge in [0.05, 0.1) is 11.5 Å². The topological polar surface area (TPSA) is 99.1 Å². The highest BCUT2D eigenvalue weighted by Crippen LogP contribution is 2.21. The first kappa shape index (κ1) is 13.5. The Bertz CT molecular complexity index is 481. The smallest absolute Gasteiger partial charge is 0.228 e. The molecule has 102 valence electrons. The summed E-state index contributed by atoms with van der Waals surface area (Å²) in [6.07, 6.45) is 2.66. The van der Waals surface area contributed by atoms with E-state index in [0.717, 1.165) is 0 Å². The summed E-state index contributed by atoms with van der Waals surface area (Å²) in [4.78, 5) is 4.27. The second-order valence-corrected chi connectivity index (χ2v) is 7.39. The van der Waals surface area contributed by atoms with E-state index in [2.05, 4.69) is 10.1 Å². The van der Waals surface area contributed by atoms with Crippen molar-refractivity contribution in [2.45, 2.75) is 38.6 Å². The Hall–Kier alpha value is -0.950. The molecule has 6 nitrogen and oxygen atoms in total. The van der Waals surface area contributed by atoms with Gasteiger partial charge in [-0.2, -0.15) is 4.98 Å². The molecule has 0 saturated carbocycles. The molecule has 18 heavy (non-hydrogen) atoms. The Morgan fingerprint density at radius 1 is 1.44 bits per heavy atom. The molecule has 0 amide bonds. The maximum Gasteiger partial charge on any atom is 0.228 e. The zero-order chi connectivity index (χ0) is 13.2. The standard InChI is InChI=1S/C11H19N3O3S/c1-8(12)6-11-13-10(14-17-11)7-9-2-4-18(15,16)5-3-9/h8-9H,2-7,12H2,1H3.